The van der Waals surface area contributed by atoms with Crippen LogP contribution in [0.5, 0.6) is 5.75 Å². The van der Waals surface area contributed by atoms with E-state index in [9.17, 15) is 21.6 Å². The maximum Gasteiger partial charge on any atom is 0.307 e. The molecular weight excluding hydrogens is 456 g/mol. The van der Waals surface area contributed by atoms with Gasteiger partial charge in [0, 0.05) is 6.04 Å². The van der Waals surface area contributed by atoms with Gasteiger partial charge in [0.15, 0.2) is 0 Å². The summed E-state index contributed by atoms with van der Waals surface area (Å²) in [6.07, 6.45) is 1.36. The van der Waals surface area contributed by atoms with Gasteiger partial charge in [0.1, 0.15) is 5.75 Å². The van der Waals surface area contributed by atoms with E-state index < -0.39 is 32.1 Å². The highest BCUT2D eigenvalue weighted by atomic mass is 32.2. The third kappa shape index (κ3) is 6.28. The minimum atomic E-state index is -4.07. The molecule has 1 aliphatic carbocycles. The molecule has 0 bridgehead atoms. The number of carbonyl (C=O) groups excluding carboxylic acids is 1. The summed E-state index contributed by atoms with van der Waals surface area (Å²) in [7, 11) is -6.29. The Kier molecular flexibility index (Phi) is 7.55. The van der Waals surface area contributed by atoms with Crippen molar-refractivity contribution in [1.29, 1.82) is 0 Å². The van der Waals surface area contributed by atoms with E-state index in [-0.39, 0.29) is 28.9 Å². The van der Waals surface area contributed by atoms with Crippen LogP contribution in [0.25, 0.3) is 0 Å². The smallest absolute Gasteiger partial charge is 0.307 e. The molecule has 1 unspecified atom stereocenters. The molecule has 1 fully saturated rings. The van der Waals surface area contributed by atoms with Gasteiger partial charge in [0.25, 0.3) is 0 Å². The molecular formula is C21H26N2O7S2. The lowest BCUT2D eigenvalue weighted by Crippen LogP contribution is -2.31. The van der Waals surface area contributed by atoms with Crippen LogP contribution in [0.4, 0.5) is 0 Å². The highest BCUT2D eigenvalue weighted by molar-refractivity contribution is 7.90. The number of sulfonamides is 2. The normalized spacial score (nSPS) is 15.2. The number of hydrogen-bond acceptors (Lipinski definition) is 7. The maximum absolute atomic E-state index is 13.0. The molecule has 2 aromatic carbocycles. The lowest BCUT2D eigenvalue weighted by Gasteiger charge is -2.19. The van der Waals surface area contributed by atoms with Gasteiger partial charge in [-0.3, -0.25) is 4.79 Å². The molecule has 174 valence electrons. The number of benzene rings is 2. The molecule has 0 aliphatic heterocycles. The van der Waals surface area contributed by atoms with Crippen LogP contribution in [-0.4, -0.2) is 42.6 Å². The molecule has 1 saturated carbocycles. The Labute approximate surface area is 188 Å². The minimum Gasteiger partial charge on any atom is -0.497 e. The summed E-state index contributed by atoms with van der Waals surface area (Å²) in [6.45, 7) is 1.83. The zero-order valence-corrected chi connectivity index (χ0v) is 19.4. The fourth-order valence-electron chi connectivity index (χ4n) is 3.01. The molecule has 9 nitrogen and oxygen atoms in total. The molecule has 11 heteroatoms. The van der Waals surface area contributed by atoms with Crippen LogP contribution in [0, 0.1) is 0 Å². The van der Waals surface area contributed by atoms with Crippen molar-refractivity contribution in [1.82, 2.24) is 9.44 Å². The van der Waals surface area contributed by atoms with E-state index in [4.69, 9.17) is 9.47 Å². The number of hydrogen-bond donors (Lipinski definition) is 2. The van der Waals surface area contributed by atoms with Crippen molar-refractivity contribution in [2.24, 2.45) is 0 Å². The first-order chi connectivity index (χ1) is 15.1. The number of methoxy groups -OCH3 is 1. The molecule has 0 amide bonds. The second kappa shape index (κ2) is 9.99. The molecule has 0 heterocycles. The Bertz CT molecular complexity index is 1160. The lowest BCUT2D eigenvalue weighted by atomic mass is 10.0. The van der Waals surface area contributed by atoms with E-state index in [1.54, 1.807) is 31.2 Å². The van der Waals surface area contributed by atoms with Crippen LogP contribution in [0.3, 0.4) is 0 Å². The van der Waals surface area contributed by atoms with Gasteiger partial charge >= 0.3 is 5.97 Å². The van der Waals surface area contributed by atoms with Crippen molar-refractivity contribution in [3.8, 4) is 5.75 Å². The third-order valence-corrected chi connectivity index (χ3v) is 7.84. The number of nitrogens with one attached hydrogen (secondary N) is 2. The molecule has 0 radical (unpaired) electrons. The summed E-state index contributed by atoms with van der Waals surface area (Å²) < 4.78 is 65.9. The van der Waals surface area contributed by atoms with Crippen LogP contribution in [0.2, 0.25) is 0 Å². The molecule has 2 N–H and O–H groups in total. The molecule has 0 saturated heterocycles. The second-order valence-corrected chi connectivity index (χ2v) is 10.8. The van der Waals surface area contributed by atoms with Gasteiger partial charge in [-0.1, -0.05) is 12.1 Å². The summed E-state index contributed by atoms with van der Waals surface area (Å²) in [5, 5.41) is 0. The SMILES string of the molecule is CCOC(=O)CC(NS(=O)(=O)c1ccc(S(=O)(=O)NC2CC2)cc1)c1cccc(OC)c1. The summed E-state index contributed by atoms with van der Waals surface area (Å²) in [4.78, 5) is 11.9. The summed E-state index contributed by atoms with van der Waals surface area (Å²) >= 11 is 0. The van der Waals surface area contributed by atoms with E-state index in [2.05, 4.69) is 9.44 Å². The van der Waals surface area contributed by atoms with Crippen molar-refractivity contribution in [3.05, 3.63) is 54.1 Å². The van der Waals surface area contributed by atoms with Gasteiger partial charge < -0.3 is 9.47 Å². The fraction of sp³-hybridized carbons (Fsp3) is 0.381. The Morgan fingerprint density at radius 3 is 2.22 bits per heavy atom. The second-order valence-electron chi connectivity index (χ2n) is 7.33. The van der Waals surface area contributed by atoms with E-state index in [0.717, 1.165) is 12.8 Å². The Hall–Kier alpha value is -2.47. The quantitative estimate of drug-likeness (QED) is 0.470. The summed E-state index contributed by atoms with van der Waals surface area (Å²) in [6, 6.07) is 10.6. The maximum atomic E-state index is 13.0. The average Bonchev–Trinajstić information content (AvgIpc) is 3.57. The van der Waals surface area contributed by atoms with Gasteiger partial charge in [-0.15, -0.1) is 0 Å². The first kappa shape index (κ1) is 24.2. The van der Waals surface area contributed by atoms with Crippen LogP contribution >= 0.6 is 0 Å². The van der Waals surface area contributed by atoms with E-state index in [0.29, 0.717) is 11.3 Å². The number of ether oxygens (including phenoxy) is 2. The molecule has 3 rings (SSSR count). The van der Waals surface area contributed by atoms with Crippen molar-refractivity contribution < 1.29 is 31.1 Å². The Morgan fingerprint density at radius 1 is 1.03 bits per heavy atom. The molecule has 0 spiro atoms. The van der Waals surface area contributed by atoms with Gasteiger partial charge in [-0.2, -0.15) is 0 Å². The molecule has 0 aromatic heterocycles. The van der Waals surface area contributed by atoms with Crippen molar-refractivity contribution >= 4 is 26.0 Å². The van der Waals surface area contributed by atoms with Gasteiger partial charge in [-0.05, 0) is 61.7 Å². The van der Waals surface area contributed by atoms with E-state index >= 15 is 0 Å². The number of rotatable bonds is 11. The van der Waals surface area contributed by atoms with Gasteiger partial charge in [0.05, 0.1) is 36.0 Å². The fourth-order valence-corrected chi connectivity index (χ4v) is 5.54. The Balaban J connectivity index is 1.84. The molecule has 32 heavy (non-hydrogen) atoms. The van der Waals surface area contributed by atoms with Crippen LogP contribution in [-0.2, 0) is 29.6 Å². The van der Waals surface area contributed by atoms with Crippen LogP contribution in [0.1, 0.15) is 37.8 Å². The predicted molar refractivity (Wildman–Crippen MR) is 117 cm³/mol. The highest BCUT2D eigenvalue weighted by Crippen LogP contribution is 2.26. The zero-order chi connectivity index (χ0) is 23.4. The lowest BCUT2D eigenvalue weighted by molar-refractivity contribution is -0.143. The molecule has 1 atom stereocenters. The van der Waals surface area contributed by atoms with E-state index in [1.807, 2.05) is 0 Å². The highest BCUT2D eigenvalue weighted by Gasteiger charge is 2.29. The van der Waals surface area contributed by atoms with Crippen molar-refractivity contribution in [2.75, 3.05) is 13.7 Å². The zero-order valence-electron chi connectivity index (χ0n) is 17.8. The average molecular weight is 483 g/mol. The monoisotopic (exact) mass is 482 g/mol. The van der Waals surface area contributed by atoms with E-state index in [1.165, 1.54) is 31.4 Å². The van der Waals surface area contributed by atoms with Crippen LogP contribution in [0.15, 0.2) is 58.3 Å². The Morgan fingerprint density at radius 2 is 1.66 bits per heavy atom. The first-order valence-corrected chi connectivity index (χ1v) is 13.1. The van der Waals surface area contributed by atoms with Crippen LogP contribution < -0.4 is 14.2 Å². The van der Waals surface area contributed by atoms with Gasteiger partial charge in [0.2, 0.25) is 20.0 Å². The largest absolute Gasteiger partial charge is 0.497 e. The summed E-state index contributed by atoms with van der Waals surface area (Å²) in [5.41, 5.74) is 0.522. The number of carbonyl (C=O) groups is 1. The van der Waals surface area contributed by atoms with Crippen molar-refractivity contribution in [2.45, 2.75) is 48.1 Å². The predicted octanol–water partition coefficient (Wildman–Crippen LogP) is 2.11. The minimum absolute atomic E-state index is 0.0146. The number of esters is 1. The molecule has 2 aromatic rings. The van der Waals surface area contributed by atoms with Crippen molar-refractivity contribution in [3.63, 3.8) is 0 Å². The van der Waals surface area contributed by atoms with Gasteiger partial charge in [-0.25, -0.2) is 26.3 Å². The topological polar surface area (TPSA) is 128 Å². The standard InChI is InChI=1S/C21H26N2O7S2/c1-3-30-21(24)14-20(15-5-4-6-17(13-15)29-2)23-32(27,28)19-11-9-18(10-12-19)31(25,26)22-16-7-8-16/h4-6,9-13,16,20,22-23H,3,7-8,14H2,1-2H3. The third-order valence-electron chi connectivity index (χ3n) is 4.81. The summed E-state index contributed by atoms with van der Waals surface area (Å²) in [5.74, 6) is -0.0520. The molecule has 1 aliphatic rings. The first-order valence-electron chi connectivity index (χ1n) is 10.1.